The first-order valence-electron chi connectivity index (χ1n) is 8.80. The highest BCUT2D eigenvalue weighted by Crippen LogP contribution is 2.36. The molecule has 0 bridgehead atoms. The molecular formula is C18H17F3IN5S. The number of hydrogen-bond acceptors (Lipinski definition) is 5. The zero-order valence-electron chi connectivity index (χ0n) is 14.6. The molecule has 1 aromatic carbocycles. The molecule has 3 N–H and O–H groups in total. The van der Waals surface area contributed by atoms with Crippen LogP contribution in [0, 0.1) is 17.5 Å². The molecule has 1 saturated carbocycles. The van der Waals surface area contributed by atoms with Crippen LogP contribution in [0.25, 0.3) is 22.3 Å². The zero-order chi connectivity index (χ0) is 19.8. The Balaban J connectivity index is 1.76. The van der Waals surface area contributed by atoms with E-state index >= 15 is 0 Å². The fraction of sp³-hybridized carbons (Fsp3) is 0.333. The van der Waals surface area contributed by atoms with Gasteiger partial charge in [0, 0.05) is 65.6 Å². The van der Waals surface area contributed by atoms with Crippen molar-refractivity contribution in [3.8, 4) is 11.4 Å². The second kappa shape index (κ2) is 8.07. The number of benzene rings is 1. The summed E-state index contributed by atoms with van der Waals surface area (Å²) in [6.45, 7) is 0. The van der Waals surface area contributed by atoms with Crippen molar-refractivity contribution in [2.24, 2.45) is 5.73 Å². The van der Waals surface area contributed by atoms with Crippen molar-refractivity contribution in [3.05, 3.63) is 42.0 Å². The summed E-state index contributed by atoms with van der Waals surface area (Å²) in [5.74, 6) is -1.68. The molecule has 2 aromatic heterocycles. The predicted molar refractivity (Wildman–Crippen MR) is 114 cm³/mol. The highest BCUT2D eigenvalue weighted by molar-refractivity contribution is 14.2. The fourth-order valence-corrected chi connectivity index (χ4v) is 4.96. The van der Waals surface area contributed by atoms with Crippen molar-refractivity contribution in [1.29, 1.82) is 0 Å². The van der Waals surface area contributed by atoms with Crippen LogP contribution in [0.4, 0.5) is 19.0 Å². The van der Waals surface area contributed by atoms with E-state index in [1.54, 1.807) is 10.2 Å². The van der Waals surface area contributed by atoms with E-state index in [1.807, 2.05) is 21.2 Å². The van der Waals surface area contributed by atoms with E-state index in [0.717, 1.165) is 37.9 Å². The minimum Gasteiger partial charge on any atom is -0.365 e. The van der Waals surface area contributed by atoms with Crippen LogP contribution in [0.15, 0.2) is 24.5 Å². The zero-order valence-corrected chi connectivity index (χ0v) is 17.6. The van der Waals surface area contributed by atoms with Crippen LogP contribution in [-0.2, 0) is 0 Å². The van der Waals surface area contributed by atoms with Gasteiger partial charge < -0.3 is 11.1 Å². The summed E-state index contributed by atoms with van der Waals surface area (Å²) in [6.07, 6.45) is 6.24. The molecule has 1 fully saturated rings. The van der Waals surface area contributed by atoms with E-state index in [4.69, 9.17) is 5.73 Å². The van der Waals surface area contributed by atoms with Crippen LogP contribution in [-0.4, -0.2) is 26.0 Å². The molecule has 5 nitrogen and oxygen atoms in total. The second-order valence-corrected chi connectivity index (χ2v) is 8.59. The van der Waals surface area contributed by atoms with E-state index in [2.05, 4.69) is 15.3 Å². The highest BCUT2D eigenvalue weighted by Gasteiger charge is 2.22. The summed E-state index contributed by atoms with van der Waals surface area (Å²) < 4.78 is 44.0. The molecule has 2 atom stereocenters. The first-order chi connectivity index (χ1) is 13.5. The molecule has 1 aliphatic rings. The smallest absolute Gasteiger partial charge is 0.183 e. The van der Waals surface area contributed by atoms with E-state index in [1.165, 1.54) is 15.2 Å². The van der Waals surface area contributed by atoms with Gasteiger partial charge in [0.25, 0.3) is 0 Å². The number of fused-ring (bicyclic) bond motifs is 1. The van der Waals surface area contributed by atoms with Crippen LogP contribution in [0.5, 0.6) is 0 Å². The van der Waals surface area contributed by atoms with Gasteiger partial charge in [0.15, 0.2) is 23.3 Å². The number of anilines is 1. The lowest BCUT2D eigenvalue weighted by molar-refractivity contribution is 0.407. The summed E-state index contributed by atoms with van der Waals surface area (Å²) in [5, 5.41) is 3.45. The maximum absolute atomic E-state index is 14.3. The SMILES string of the molecule is NC1CCCC(Nc2nc(-c3cn(SI)c4c(F)cc(F)cc34)ncc2F)C1. The van der Waals surface area contributed by atoms with Gasteiger partial charge >= 0.3 is 0 Å². The van der Waals surface area contributed by atoms with Crippen molar-refractivity contribution < 1.29 is 13.2 Å². The van der Waals surface area contributed by atoms with E-state index in [0.29, 0.717) is 10.9 Å². The van der Waals surface area contributed by atoms with Crippen molar-refractivity contribution >= 4 is 47.0 Å². The minimum absolute atomic E-state index is 0.0298. The quantitative estimate of drug-likeness (QED) is 0.473. The van der Waals surface area contributed by atoms with Crippen molar-refractivity contribution in [3.63, 3.8) is 0 Å². The Kier molecular flexibility index (Phi) is 5.70. The Morgan fingerprint density at radius 1 is 1.21 bits per heavy atom. The van der Waals surface area contributed by atoms with Gasteiger partial charge in [0.2, 0.25) is 0 Å². The van der Waals surface area contributed by atoms with Crippen molar-refractivity contribution in [2.75, 3.05) is 5.32 Å². The Labute approximate surface area is 176 Å². The lowest BCUT2D eigenvalue weighted by Crippen LogP contribution is -2.35. The highest BCUT2D eigenvalue weighted by atomic mass is 127. The van der Waals surface area contributed by atoms with Crippen LogP contribution in [0.2, 0.25) is 0 Å². The van der Waals surface area contributed by atoms with E-state index in [-0.39, 0.29) is 29.2 Å². The molecule has 0 amide bonds. The minimum atomic E-state index is -0.695. The standard InChI is InChI=1S/C18H17F3IN5S/c19-9-4-12-13(8-27(28-22)16(12)14(20)5-9)17-24-7-15(21)18(26-17)25-11-3-1-2-10(23)6-11/h4-5,7-8,10-11H,1-3,6,23H2,(H,24,25,26). The third-order valence-electron chi connectivity index (χ3n) is 4.90. The average molecular weight is 519 g/mol. The molecule has 10 heteroatoms. The normalized spacial score (nSPS) is 19.9. The van der Waals surface area contributed by atoms with E-state index in [9.17, 15) is 13.2 Å². The molecule has 148 valence electrons. The van der Waals surface area contributed by atoms with E-state index < -0.39 is 17.5 Å². The molecule has 0 aliphatic heterocycles. The fourth-order valence-electron chi connectivity index (χ4n) is 3.63. The van der Waals surface area contributed by atoms with Gasteiger partial charge in [0.05, 0.1) is 11.7 Å². The van der Waals surface area contributed by atoms with Gasteiger partial charge in [-0.2, -0.15) is 0 Å². The number of halogens is 4. The van der Waals surface area contributed by atoms with Gasteiger partial charge in [-0.25, -0.2) is 23.1 Å². The first-order valence-corrected chi connectivity index (χ1v) is 12.1. The summed E-state index contributed by atoms with van der Waals surface area (Å²) >= 11 is 2.00. The van der Waals surface area contributed by atoms with Crippen LogP contribution in [0.3, 0.4) is 0 Å². The Bertz CT molecular complexity index is 1030. The van der Waals surface area contributed by atoms with Crippen LogP contribution in [0.1, 0.15) is 25.7 Å². The van der Waals surface area contributed by atoms with Crippen molar-refractivity contribution in [2.45, 2.75) is 37.8 Å². The Hall–Kier alpha value is -1.53. The summed E-state index contributed by atoms with van der Waals surface area (Å²) in [6, 6.07) is 2.18. The summed E-state index contributed by atoms with van der Waals surface area (Å²) in [4.78, 5) is 8.36. The molecular weight excluding hydrogens is 502 g/mol. The molecule has 2 unspecified atom stereocenters. The number of rotatable bonds is 4. The number of aromatic nitrogens is 3. The van der Waals surface area contributed by atoms with Crippen molar-refractivity contribution in [1.82, 2.24) is 13.9 Å². The molecule has 3 aromatic rings. The van der Waals surface area contributed by atoms with Gasteiger partial charge in [-0.05, 0) is 31.7 Å². The topological polar surface area (TPSA) is 68.8 Å². The molecule has 1 aliphatic carbocycles. The molecule has 0 radical (unpaired) electrons. The lowest BCUT2D eigenvalue weighted by Gasteiger charge is -2.27. The van der Waals surface area contributed by atoms with Gasteiger partial charge in [-0.3, -0.25) is 3.97 Å². The predicted octanol–water partition coefficient (Wildman–Crippen LogP) is 5.04. The Morgan fingerprint density at radius 2 is 2.04 bits per heavy atom. The maximum Gasteiger partial charge on any atom is 0.183 e. The summed E-state index contributed by atoms with van der Waals surface area (Å²) in [7, 11) is 1.23. The average Bonchev–Trinajstić information content (AvgIpc) is 3.02. The third kappa shape index (κ3) is 3.81. The number of hydrogen-bond donors (Lipinski definition) is 2. The second-order valence-electron chi connectivity index (χ2n) is 6.88. The van der Waals surface area contributed by atoms with Gasteiger partial charge in [0.1, 0.15) is 5.82 Å². The molecule has 0 saturated heterocycles. The first kappa shape index (κ1) is 19.8. The lowest BCUT2D eigenvalue weighted by atomic mass is 9.92. The molecule has 28 heavy (non-hydrogen) atoms. The van der Waals surface area contributed by atoms with Gasteiger partial charge in [-0.1, -0.05) is 0 Å². The third-order valence-corrected chi connectivity index (χ3v) is 6.61. The maximum atomic E-state index is 14.3. The van der Waals surface area contributed by atoms with Gasteiger partial charge in [-0.15, -0.1) is 0 Å². The van der Waals surface area contributed by atoms with Crippen LogP contribution < -0.4 is 11.1 Å². The monoisotopic (exact) mass is 519 g/mol. The molecule has 0 spiro atoms. The summed E-state index contributed by atoms with van der Waals surface area (Å²) in [5.41, 5.74) is 6.67. The largest absolute Gasteiger partial charge is 0.365 e. The number of nitrogens with zero attached hydrogens (tertiary/aromatic N) is 3. The molecule has 2 heterocycles. The number of nitrogens with one attached hydrogen (secondary N) is 1. The molecule has 4 rings (SSSR count). The Morgan fingerprint density at radius 3 is 2.79 bits per heavy atom. The van der Waals surface area contributed by atoms with Crippen LogP contribution >= 0.6 is 30.3 Å². The number of nitrogens with two attached hydrogens (primary N) is 1.